The Morgan fingerprint density at radius 1 is 1.12 bits per heavy atom. The maximum Gasteiger partial charge on any atom is 0.132 e. The van der Waals surface area contributed by atoms with E-state index in [4.69, 9.17) is 19.9 Å². The van der Waals surface area contributed by atoms with Gasteiger partial charge in [0.25, 0.3) is 0 Å². The number of benzene rings is 1. The fourth-order valence-electron chi connectivity index (χ4n) is 1.66. The molecule has 3 N–H and O–H groups in total. The van der Waals surface area contributed by atoms with Gasteiger partial charge in [-0.15, -0.1) is 0 Å². The van der Waals surface area contributed by atoms with Gasteiger partial charge in [-0.1, -0.05) is 0 Å². The van der Waals surface area contributed by atoms with E-state index in [9.17, 15) is 5.11 Å². The van der Waals surface area contributed by atoms with E-state index in [0.717, 1.165) is 0 Å². The molecule has 96 valence electrons. The molecule has 1 rings (SSSR count). The summed E-state index contributed by atoms with van der Waals surface area (Å²) in [6, 6.07) is 3.41. The van der Waals surface area contributed by atoms with Crippen LogP contribution in [0.15, 0.2) is 12.1 Å². The van der Waals surface area contributed by atoms with Crippen LogP contribution in [0.3, 0.4) is 0 Å². The van der Waals surface area contributed by atoms with E-state index in [2.05, 4.69) is 0 Å². The average molecular weight is 241 g/mol. The van der Waals surface area contributed by atoms with Crippen molar-refractivity contribution in [1.82, 2.24) is 0 Å². The molecule has 0 aliphatic rings. The van der Waals surface area contributed by atoms with Crippen LogP contribution in [0.5, 0.6) is 17.2 Å². The van der Waals surface area contributed by atoms with Crippen LogP contribution in [-0.2, 0) is 0 Å². The van der Waals surface area contributed by atoms with Crippen molar-refractivity contribution >= 4 is 0 Å². The minimum atomic E-state index is -0.712. The molecule has 0 bridgehead atoms. The fraction of sp³-hybridized carbons (Fsp3) is 0.500. The summed E-state index contributed by atoms with van der Waals surface area (Å²) >= 11 is 0. The zero-order valence-corrected chi connectivity index (χ0v) is 10.4. The monoisotopic (exact) mass is 241 g/mol. The number of hydrogen-bond donors (Lipinski definition) is 2. The van der Waals surface area contributed by atoms with Gasteiger partial charge in [0.2, 0.25) is 0 Å². The Bertz CT molecular complexity index is 343. The third-order valence-corrected chi connectivity index (χ3v) is 2.53. The van der Waals surface area contributed by atoms with Crippen molar-refractivity contribution in [3.63, 3.8) is 0 Å². The first-order chi connectivity index (χ1) is 8.17. The minimum Gasteiger partial charge on any atom is -0.496 e. The summed E-state index contributed by atoms with van der Waals surface area (Å²) < 4.78 is 15.6. The molecule has 0 saturated heterocycles. The Kier molecular flexibility index (Phi) is 5.06. The summed E-state index contributed by atoms with van der Waals surface area (Å²) in [4.78, 5) is 0. The van der Waals surface area contributed by atoms with E-state index in [1.54, 1.807) is 19.2 Å². The lowest BCUT2D eigenvalue weighted by atomic mass is 10.0. The molecule has 0 aromatic heterocycles. The van der Waals surface area contributed by atoms with Gasteiger partial charge in [0.05, 0.1) is 33.0 Å². The van der Waals surface area contributed by atoms with E-state index < -0.39 is 6.10 Å². The first kappa shape index (κ1) is 13.6. The molecular weight excluding hydrogens is 222 g/mol. The van der Waals surface area contributed by atoms with E-state index in [0.29, 0.717) is 35.8 Å². The molecule has 1 atom stereocenters. The second-order valence-corrected chi connectivity index (χ2v) is 3.54. The van der Waals surface area contributed by atoms with Crippen molar-refractivity contribution in [3.8, 4) is 17.2 Å². The highest BCUT2D eigenvalue weighted by Crippen LogP contribution is 2.39. The Balaban J connectivity index is 3.23. The lowest BCUT2D eigenvalue weighted by Crippen LogP contribution is -2.09. The van der Waals surface area contributed by atoms with E-state index in [1.165, 1.54) is 14.2 Å². The molecule has 0 spiro atoms. The average Bonchev–Trinajstić information content (AvgIpc) is 2.37. The summed E-state index contributed by atoms with van der Waals surface area (Å²) in [7, 11) is 4.63. The number of aliphatic hydroxyl groups excluding tert-OH is 1. The minimum absolute atomic E-state index is 0.388. The molecule has 0 unspecified atom stereocenters. The van der Waals surface area contributed by atoms with Gasteiger partial charge in [0.15, 0.2) is 0 Å². The van der Waals surface area contributed by atoms with E-state index in [-0.39, 0.29) is 0 Å². The van der Waals surface area contributed by atoms with Crippen LogP contribution in [0.1, 0.15) is 18.1 Å². The lowest BCUT2D eigenvalue weighted by molar-refractivity contribution is 0.161. The third-order valence-electron chi connectivity index (χ3n) is 2.53. The van der Waals surface area contributed by atoms with Gasteiger partial charge in [-0.2, -0.15) is 0 Å². The van der Waals surface area contributed by atoms with Gasteiger partial charge >= 0.3 is 0 Å². The van der Waals surface area contributed by atoms with E-state index >= 15 is 0 Å². The van der Waals surface area contributed by atoms with Crippen molar-refractivity contribution in [2.75, 3.05) is 27.9 Å². The molecule has 5 nitrogen and oxygen atoms in total. The quantitative estimate of drug-likeness (QED) is 0.780. The maximum atomic E-state index is 10.0. The summed E-state index contributed by atoms with van der Waals surface area (Å²) in [5.74, 6) is 1.67. The Hall–Kier alpha value is -1.46. The zero-order chi connectivity index (χ0) is 12.8. The molecule has 1 aromatic rings. The SMILES string of the molecule is COc1cc(OC)c([C@@H](O)CCN)c(OC)c1. The normalized spacial score (nSPS) is 12.1. The Morgan fingerprint density at radius 3 is 2.00 bits per heavy atom. The van der Waals surface area contributed by atoms with Crippen LogP contribution in [0.25, 0.3) is 0 Å². The smallest absolute Gasteiger partial charge is 0.132 e. The van der Waals surface area contributed by atoms with Crippen LogP contribution in [0.2, 0.25) is 0 Å². The highest BCUT2D eigenvalue weighted by molar-refractivity contribution is 5.51. The van der Waals surface area contributed by atoms with Gasteiger partial charge in [-0.25, -0.2) is 0 Å². The van der Waals surface area contributed by atoms with E-state index in [1.807, 2.05) is 0 Å². The number of aliphatic hydroxyl groups is 1. The first-order valence-electron chi connectivity index (χ1n) is 5.36. The summed E-state index contributed by atoms with van der Waals surface area (Å²) in [6.45, 7) is 0.388. The lowest BCUT2D eigenvalue weighted by Gasteiger charge is -2.18. The second-order valence-electron chi connectivity index (χ2n) is 3.54. The van der Waals surface area contributed by atoms with Crippen molar-refractivity contribution in [3.05, 3.63) is 17.7 Å². The number of hydrogen-bond acceptors (Lipinski definition) is 5. The van der Waals surface area contributed by atoms with Crippen LogP contribution in [-0.4, -0.2) is 33.0 Å². The maximum absolute atomic E-state index is 10.0. The summed E-state index contributed by atoms with van der Waals surface area (Å²) in [5, 5.41) is 10.0. The van der Waals surface area contributed by atoms with Crippen molar-refractivity contribution < 1.29 is 19.3 Å². The fourth-order valence-corrected chi connectivity index (χ4v) is 1.66. The number of ether oxygens (including phenoxy) is 3. The molecule has 0 aliphatic carbocycles. The third kappa shape index (κ3) is 3.01. The highest BCUT2D eigenvalue weighted by atomic mass is 16.5. The number of rotatable bonds is 6. The van der Waals surface area contributed by atoms with Gasteiger partial charge in [-0.05, 0) is 13.0 Å². The zero-order valence-electron chi connectivity index (χ0n) is 10.4. The van der Waals surface area contributed by atoms with Crippen LogP contribution < -0.4 is 19.9 Å². The Morgan fingerprint density at radius 2 is 1.65 bits per heavy atom. The molecule has 17 heavy (non-hydrogen) atoms. The molecule has 0 heterocycles. The molecule has 5 heteroatoms. The largest absolute Gasteiger partial charge is 0.496 e. The molecule has 0 fully saturated rings. The predicted octanol–water partition coefficient (Wildman–Crippen LogP) is 1.09. The first-order valence-corrected chi connectivity index (χ1v) is 5.36. The molecule has 1 aromatic carbocycles. The Labute approximate surface area is 101 Å². The van der Waals surface area contributed by atoms with Gasteiger partial charge in [0, 0.05) is 12.1 Å². The van der Waals surface area contributed by atoms with Crippen LogP contribution in [0.4, 0.5) is 0 Å². The van der Waals surface area contributed by atoms with Crippen molar-refractivity contribution in [1.29, 1.82) is 0 Å². The second kappa shape index (κ2) is 6.32. The summed E-state index contributed by atoms with van der Waals surface area (Å²) in [6.07, 6.45) is -0.269. The van der Waals surface area contributed by atoms with Crippen molar-refractivity contribution in [2.45, 2.75) is 12.5 Å². The number of nitrogens with two attached hydrogens (primary N) is 1. The standard InChI is InChI=1S/C12H19NO4/c1-15-8-6-10(16-2)12(9(14)4-5-13)11(7-8)17-3/h6-7,9,14H,4-5,13H2,1-3H3/t9-/m0/s1. The van der Waals surface area contributed by atoms with Crippen LogP contribution >= 0.6 is 0 Å². The predicted molar refractivity (Wildman–Crippen MR) is 64.7 cm³/mol. The number of methoxy groups -OCH3 is 3. The highest BCUT2D eigenvalue weighted by Gasteiger charge is 2.19. The van der Waals surface area contributed by atoms with Crippen molar-refractivity contribution in [2.24, 2.45) is 5.73 Å². The van der Waals surface area contributed by atoms with Gasteiger partial charge in [-0.3, -0.25) is 0 Å². The molecule has 0 radical (unpaired) electrons. The molecular formula is C12H19NO4. The van der Waals surface area contributed by atoms with Gasteiger partial charge < -0.3 is 25.1 Å². The van der Waals surface area contributed by atoms with Crippen LogP contribution in [0, 0.1) is 0 Å². The topological polar surface area (TPSA) is 73.9 Å². The molecule has 0 saturated carbocycles. The molecule has 0 amide bonds. The van der Waals surface area contributed by atoms with Gasteiger partial charge in [0.1, 0.15) is 17.2 Å². The molecule has 0 aliphatic heterocycles. The summed E-state index contributed by atoms with van der Waals surface area (Å²) in [5.41, 5.74) is 6.04.